The van der Waals surface area contributed by atoms with E-state index in [9.17, 15) is 18.0 Å². The molecule has 0 aliphatic rings. The fraction of sp³-hybridized carbons (Fsp3) is 0.250. The van der Waals surface area contributed by atoms with Gasteiger partial charge in [-0.05, 0) is 38.5 Å². The lowest BCUT2D eigenvalue weighted by molar-refractivity contribution is -0.164. The molecule has 2 aromatic rings. The molecule has 25 heavy (non-hydrogen) atoms. The minimum Gasteiger partial charge on any atom is -0.342 e. The van der Waals surface area contributed by atoms with Crippen LogP contribution in [0.15, 0.2) is 66.9 Å². The molecule has 132 valence electrons. The number of benzene rings is 2. The monoisotopic (exact) mass is 347 g/mol. The molecule has 0 spiro atoms. The highest BCUT2D eigenvalue weighted by Crippen LogP contribution is 2.31. The van der Waals surface area contributed by atoms with Crippen LogP contribution in [0.3, 0.4) is 0 Å². The number of carbonyl (C=O) groups is 1. The number of anilines is 1. The fourth-order valence-electron chi connectivity index (χ4n) is 2.41. The van der Waals surface area contributed by atoms with E-state index in [2.05, 4.69) is 0 Å². The summed E-state index contributed by atoms with van der Waals surface area (Å²) in [5, 5.41) is 0. The summed E-state index contributed by atoms with van der Waals surface area (Å²) < 4.78 is 39.4. The Balaban J connectivity index is 2.63. The molecular weight excluding hydrogens is 327 g/mol. The van der Waals surface area contributed by atoms with Gasteiger partial charge in [0.25, 0.3) is 5.78 Å². The second-order valence-electron chi connectivity index (χ2n) is 6.61. The molecule has 2 rings (SSSR count). The first kappa shape index (κ1) is 18.8. The van der Waals surface area contributed by atoms with Crippen LogP contribution in [0.25, 0.3) is 5.57 Å². The van der Waals surface area contributed by atoms with Crippen LogP contribution < -0.4 is 4.90 Å². The summed E-state index contributed by atoms with van der Waals surface area (Å²) in [5.41, 5.74) is 0.0353. The van der Waals surface area contributed by atoms with Gasteiger partial charge >= 0.3 is 6.18 Å². The van der Waals surface area contributed by atoms with Crippen LogP contribution in [0.5, 0.6) is 0 Å². The van der Waals surface area contributed by atoms with Gasteiger partial charge in [0.1, 0.15) is 0 Å². The van der Waals surface area contributed by atoms with Gasteiger partial charge in [0, 0.05) is 17.4 Å². The third-order valence-electron chi connectivity index (χ3n) is 3.60. The zero-order valence-electron chi connectivity index (χ0n) is 14.3. The summed E-state index contributed by atoms with van der Waals surface area (Å²) >= 11 is 0. The first-order valence-electron chi connectivity index (χ1n) is 7.84. The number of hydrogen-bond acceptors (Lipinski definition) is 2. The summed E-state index contributed by atoms with van der Waals surface area (Å²) in [5.74, 6) is -1.86. The van der Waals surface area contributed by atoms with Gasteiger partial charge in [-0.1, -0.05) is 48.5 Å². The van der Waals surface area contributed by atoms with E-state index < -0.39 is 17.5 Å². The minimum atomic E-state index is -4.94. The lowest BCUT2D eigenvalue weighted by atomic mass is 9.99. The van der Waals surface area contributed by atoms with E-state index in [1.807, 2.05) is 26.8 Å². The van der Waals surface area contributed by atoms with Crippen molar-refractivity contribution < 1.29 is 18.0 Å². The number of rotatable bonds is 4. The Bertz CT molecular complexity index is 744. The van der Waals surface area contributed by atoms with Gasteiger partial charge in [0.15, 0.2) is 0 Å². The van der Waals surface area contributed by atoms with Crippen molar-refractivity contribution in [3.8, 4) is 0 Å². The minimum absolute atomic E-state index is 0.231. The van der Waals surface area contributed by atoms with Crippen molar-refractivity contribution in [3.63, 3.8) is 0 Å². The SMILES string of the molecule is CC(C)(C)N(/C=C(\C(=O)C(F)(F)F)c1ccccc1)c1ccccc1. The molecule has 0 heterocycles. The number of halogens is 3. The Kier molecular flexibility index (Phi) is 5.36. The van der Waals surface area contributed by atoms with Crippen LogP contribution >= 0.6 is 0 Å². The van der Waals surface area contributed by atoms with Crippen molar-refractivity contribution in [1.29, 1.82) is 0 Å². The Morgan fingerprint density at radius 2 is 1.36 bits per heavy atom. The highest BCUT2D eigenvalue weighted by atomic mass is 19.4. The van der Waals surface area contributed by atoms with E-state index in [0.717, 1.165) is 0 Å². The summed E-state index contributed by atoms with van der Waals surface area (Å²) in [4.78, 5) is 13.7. The molecule has 2 nitrogen and oxygen atoms in total. The van der Waals surface area contributed by atoms with Crippen LogP contribution in [-0.2, 0) is 4.79 Å². The van der Waals surface area contributed by atoms with Gasteiger partial charge in [0.2, 0.25) is 0 Å². The molecule has 0 radical (unpaired) electrons. The van der Waals surface area contributed by atoms with Crippen molar-refractivity contribution in [2.75, 3.05) is 4.90 Å². The predicted molar refractivity (Wildman–Crippen MR) is 94.2 cm³/mol. The van der Waals surface area contributed by atoms with Crippen LogP contribution in [0.1, 0.15) is 26.3 Å². The Morgan fingerprint density at radius 1 is 0.880 bits per heavy atom. The Hall–Kier alpha value is -2.56. The number of alkyl halides is 3. The van der Waals surface area contributed by atoms with E-state index in [0.29, 0.717) is 5.69 Å². The van der Waals surface area contributed by atoms with Gasteiger partial charge in [-0.2, -0.15) is 13.2 Å². The number of allylic oxidation sites excluding steroid dienone is 1. The molecule has 2 aromatic carbocycles. The predicted octanol–water partition coefficient (Wildman–Crippen LogP) is 5.46. The fourth-order valence-corrected chi connectivity index (χ4v) is 2.41. The van der Waals surface area contributed by atoms with Crippen molar-refractivity contribution in [2.24, 2.45) is 0 Å². The lowest BCUT2D eigenvalue weighted by Crippen LogP contribution is -2.38. The van der Waals surface area contributed by atoms with Crippen molar-refractivity contribution in [3.05, 3.63) is 72.4 Å². The van der Waals surface area contributed by atoms with Crippen molar-refractivity contribution in [1.82, 2.24) is 0 Å². The van der Waals surface area contributed by atoms with Gasteiger partial charge in [-0.15, -0.1) is 0 Å². The van der Waals surface area contributed by atoms with Crippen LogP contribution in [-0.4, -0.2) is 17.5 Å². The highest BCUT2D eigenvalue weighted by molar-refractivity contribution is 6.23. The summed E-state index contributed by atoms with van der Waals surface area (Å²) in [6.07, 6.45) is -3.65. The molecule has 0 saturated carbocycles. The number of hydrogen-bond donors (Lipinski definition) is 0. The standard InChI is InChI=1S/C20H20F3NO/c1-19(2,3)24(16-12-8-5-9-13-16)14-17(18(25)20(21,22)23)15-10-6-4-7-11-15/h4-14H,1-3H3/b17-14-. The number of ketones is 1. The maximum Gasteiger partial charge on any atom is 0.454 e. The van der Waals surface area contributed by atoms with Gasteiger partial charge in [-0.25, -0.2) is 0 Å². The topological polar surface area (TPSA) is 20.3 Å². The van der Waals surface area contributed by atoms with Gasteiger partial charge < -0.3 is 4.90 Å². The summed E-state index contributed by atoms with van der Waals surface area (Å²) in [7, 11) is 0. The molecule has 0 aliphatic heterocycles. The van der Waals surface area contributed by atoms with Gasteiger partial charge in [0.05, 0.1) is 5.57 Å². The molecule has 0 saturated heterocycles. The maximum absolute atomic E-state index is 13.1. The maximum atomic E-state index is 13.1. The Labute approximate surface area is 145 Å². The van der Waals surface area contributed by atoms with E-state index in [-0.39, 0.29) is 11.1 Å². The molecule has 0 fully saturated rings. The van der Waals surface area contributed by atoms with E-state index in [1.165, 1.54) is 18.3 Å². The van der Waals surface area contributed by atoms with E-state index >= 15 is 0 Å². The molecule has 0 aromatic heterocycles. The van der Waals surface area contributed by atoms with Crippen LogP contribution in [0.4, 0.5) is 18.9 Å². The third kappa shape index (κ3) is 4.72. The third-order valence-corrected chi connectivity index (χ3v) is 3.60. The van der Waals surface area contributed by atoms with Crippen LogP contribution in [0.2, 0.25) is 0 Å². The number of nitrogens with zero attached hydrogens (tertiary/aromatic N) is 1. The number of para-hydroxylation sites is 1. The highest BCUT2D eigenvalue weighted by Gasteiger charge is 2.41. The summed E-state index contributed by atoms with van der Waals surface area (Å²) in [6.45, 7) is 5.62. The molecule has 0 atom stereocenters. The first-order chi connectivity index (χ1) is 11.6. The van der Waals surface area contributed by atoms with Crippen LogP contribution in [0, 0.1) is 0 Å². The zero-order valence-corrected chi connectivity index (χ0v) is 14.3. The molecule has 5 heteroatoms. The number of carbonyl (C=O) groups excluding carboxylic acids is 1. The largest absolute Gasteiger partial charge is 0.454 e. The second-order valence-corrected chi connectivity index (χ2v) is 6.61. The summed E-state index contributed by atoms with van der Waals surface area (Å²) in [6, 6.07) is 16.9. The smallest absolute Gasteiger partial charge is 0.342 e. The normalized spacial score (nSPS) is 12.8. The first-order valence-corrected chi connectivity index (χ1v) is 7.84. The molecule has 0 unspecified atom stereocenters. The van der Waals surface area contributed by atoms with Crippen molar-refractivity contribution in [2.45, 2.75) is 32.5 Å². The average Bonchev–Trinajstić information content (AvgIpc) is 2.55. The van der Waals surface area contributed by atoms with E-state index in [4.69, 9.17) is 0 Å². The molecule has 0 amide bonds. The Morgan fingerprint density at radius 3 is 1.80 bits per heavy atom. The average molecular weight is 347 g/mol. The molecule has 0 N–H and O–H groups in total. The quantitative estimate of drug-likeness (QED) is 0.684. The van der Waals surface area contributed by atoms with E-state index in [1.54, 1.807) is 47.4 Å². The second kappa shape index (κ2) is 7.13. The van der Waals surface area contributed by atoms with Crippen molar-refractivity contribution >= 4 is 17.0 Å². The zero-order chi connectivity index (χ0) is 18.7. The lowest BCUT2D eigenvalue weighted by Gasteiger charge is -2.35. The van der Waals surface area contributed by atoms with Gasteiger partial charge in [-0.3, -0.25) is 4.79 Å². The molecule has 0 bridgehead atoms. The number of Topliss-reactive ketones (excluding diaryl/α,β-unsaturated/α-hetero) is 1. The molecule has 0 aliphatic carbocycles. The molecular formula is C20H20F3NO.